The Balaban J connectivity index is 1.32. The lowest BCUT2D eigenvalue weighted by atomic mass is 9.96. The van der Waals surface area contributed by atoms with E-state index in [9.17, 15) is 4.79 Å². The summed E-state index contributed by atoms with van der Waals surface area (Å²) in [6, 6.07) is 7.81. The van der Waals surface area contributed by atoms with Gasteiger partial charge in [0.2, 0.25) is 5.91 Å². The van der Waals surface area contributed by atoms with Crippen LogP contribution in [0.1, 0.15) is 18.4 Å². The van der Waals surface area contributed by atoms with Crippen molar-refractivity contribution in [3.8, 4) is 11.5 Å². The van der Waals surface area contributed by atoms with Crippen molar-refractivity contribution in [3.05, 3.63) is 42.2 Å². The van der Waals surface area contributed by atoms with Gasteiger partial charge in [0, 0.05) is 30.9 Å². The maximum Gasteiger partial charge on any atom is 0.228 e. The van der Waals surface area contributed by atoms with E-state index in [1.54, 1.807) is 13.3 Å². The Morgan fingerprint density at radius 2 is 2.36 bits per heavy atom. The third-order valence-corrected chi connectivity index (χ3v) is 5.17. The third-order valence-electron chi connectivity index (χ3n) is 5.17. The summed E-state index contributed by atoms with van der Waals surface area (Å²) in [5.74, 6) is 2.13. The van der Waals surface area contributed by atoms with Crippen molar-refractivity contribution in [1.29, 1.82) is 0 Å². The SMILES string of the molecule is COc1ccc2c(c1)OC[C@H](CNC(=O)C1(Cn3cccn3)CC1)C2. The minimum Gasteiger partial charge on any atom is -0.497 e. The first-order valence-corrected chi connectivity index (χ1v) is 8.74. The van der Waals surface area contributed by atoms with E-state index < -0.39 is 0 Å². The van der Waals surface area contributed by atoms with Crippen LogP contribution in [0.25, 0.3) is 0 Å². The summed E-state index contributed by atoms with van der Waals surface area (Å²) in [4.78, 5) is 12.6. The summed E-state index contributed by atoms with van der Waals surface area (Å²) in [7, 11) is 1.65. The van der Waals surface area contributed by atoms with Crippen molar-refractivity contribution in [3.63, 3.8) is 0 Å². The van der Waals surface area contributed by atoms with E-state index in [0.717, 1.165) is 30.8 Å². The van der Waals surface area contributed by atoms with Gasteiger partial charge in [0.05, 0.1) is 25.7 Å². The quantitative estimate of drug-likeness (QED) is 0.873. The first-order valence-electron chi connectivity index (χ1n) is 8.74. The number of nitrogens with one attached hydrogen (secondary N) is 1. The molecule has 1 aromatic heterocycles. The zero-order valence-corrected chi connectivity index (χ0v) is 14.4. The highest BCUT2D eigenvalue weighted by Gasteiger charge is 2.50. The van der Waals surface area contributed by atoms with Gasteiger partial charge in [0.25, 0.3) is 0 Å². The van der Waals surface area contributed by atoms with Crippen LogP contribution in [0.3, 0.4) is 0 Å². The molecule has 1 aromatic carbocycles. The summed E-state index contributed by atoms with van der Waals surface area (Å²) < 4.78 is 12.9. The molecule has 0 radical (unpaired) electrons. The van der Waals surface area contributed by atoms with E-state index in [1.165, 1.54) is 5.56 Å². The highest BCUT2D eigenvalue weighted by atomic mass is 16.5. The van der Waals surface area contributed by atoms with Crippen LogP contribution >= 0.6 is 0 Å². The molecule has 0 spiro atoms. The van der Waals surface area contributed by atoms with Crippen molar-refractivity contribution in [2.24, 2.45) is 11.3 Å². The fourth-order valence-corrected chi connectivity index (χ4v) is 3.41. The number of methoxy groups -OCH3 is 1. The number of rotatable bonds is 6. The summed E-state index contributed by atoms with van der Waals surface area (Å²) in [5.41, 5.74) is 0.899. The van der Waals surface area contributed by atoms with Gasteiger partial charge in [-0.3, -0.25) is 9.48 Å². The van der Waals surface area contributed by atoms with Crippen molar-refractivity contribution >= 4 is 5.91 Å². The second-order valence-corrected chi connectivity index (χ2v) is 7.05. The molecule has 1 aliphatic heterocycles. The van der Waals surface area contributed by atoms with Crippen LogP contribution in [0.4, 0.5) is 0 Å². The smallest absolute Gasteiger partial charge is 0.228 e. The Bertz CT molecular complexity index is 753. The number of aromatic nitrogens is 2. The average molecular weight is 341 g/mol. The highest BCUT2D eigenvalue weighted by Crippen LogP contribution is 2.47. The molecule has 1 atom stereocenters. The zero-order chi connectivity index (χ0) is 17.3. The van der Waals surface area contributed by atoms with Gasteiger partial charge in [0.15, 0.2) is 0 Å². The number of carbonyl (C=O) groups is 1. The minimum atomic E-state index is -0.271. The lowest BCUT2D eigenvalue weighted by Gasteiger charge is -2.26. The molecule has 25 heavy (non-hydrogen) atoms. The first-order chi connectivity index (χ1) is 12.2. The minimum absolute atomic E-state index is 0.142. The Labute approximate surface area is 147 Å². The second kappa shape index (κ2) is 6.43. The maximum atomic E-state index is 12.6. The molecule has 2 heterocycles. The van der Waals surface area contributed by atoms with E-state index in [2.05, 4.69) is 10.4 Å². The van der Waals surface area contributed by atoms with Gasteiger partial charge in [0.1, 0.15) is 11.5 Å². The number of fused-ring (bicyclic) bond motifs is 1. The fraction of sp³-hybridized carbons (Fsp3) is 0.474. The molecule has 6 nitrogen and oxygen atoms in total. The second-order valence-electron chi connectivity index (χ2n) is 7.05. The third kappa shape index (κ3) is 3.34. The predicted molar refractivity (Wildman–Crippen MR) is 92.6 cm³/mol. The van der Waals surface area contributed by atoms with Gasteiger partial charge in [-0.25, -0.2) is 0 Å². The molecule has 4 rings (SSSR count). The summed E-state index contributed by atoms with van der Waals surface area (Å²) in [5, 5.41) is 7.36. The molecule has 1 aliphatic carbocycles. The van der Waals surface area contributed by atoms with Crippen molar-refractivity contribution in [2.45, 2.75) is 25.8 Å². The van der Waals surface area contributed by atoms with Crippen molar-refractivity contribution in [1.82, 2.24) is 15.1 Å². The van der Waals surface area contributed by atoms with E-state index >= 15 is 0 Å². The first kappa shape index (κ1) is 16.0. The molecular formula is C19H23N3O3. The van der Waals surface area contributed by atoms with Gasteiger partial charge in [-0.2, -0.15) is 5.10 Å². The molecule has 1 saturated carbocycles. The van der Waals surface area contributed by atoms with E-state index in [0.29, 0.717) is 25.6 Å². The van der Waals surface area contributed by atoms with Crippen LogP contribution in [0.15, 0.2) is 36.7 Å². The van der Waals surface area contributed by atoms with Crippen LogP contribution in [0, 0.1) is 11.3 Å². The molecule has 2 aliphatic rings. The molecule has 1 fully saturated rings. The number of hydrogen-bond acceptors (Lipinski definition) is 4. The van der Waals surface area contributed by atoms with Crippen LogP contribution in [-0.2, 0) is 17.8 Å². The number of amides is 1. The van der Waals surface area contributed by atoms with Crippen LogP contribution in [-0.4, -0.2) is 35.9 Å². The molecule has 0 bridgehead atoms. The van der Waals surface area contributed by atoms with Gasteiger partial charge < -0.3 is 14.8 Å². The monoisotopic (exact) mass is 341 g/mol. The standard InChI is InChI=1S/C19H23N3O3/c1-24-16-4-3-15-9-14(12-25-17(15)10-16)11-20-18(23)19(5-6-19)13-22-8-2-7-21-22/h2-4,7-8,10,14H,5-6,9,11-13H2,1H3,(H,20,23)/t14-/m0/s1. The van der Waals surface area contributed by atoms with Gasteiger partial charge in [-0.1, -0.05) is 6.07 Å². The topological polar surface area (TPSA) is 65.4 Å². The Hall–Kier alpha value is -2.50. The highest BCUT2D eigenvalue weighted by molar-refractivity contribution is 5.85. The largest absolute Gasteiger partial charge is 0.497 e. The number of ether oxygens (including phenoxy) is 2. The van der Waals surface area contributed by atoms with Gasteiger partial charge in [-0.05, 0) is 37.0 Å². The molecule has 132 valence electrons. The van der Waals surface area contributed by atoms with E-state index in [-0.39, 0.29) is 11.3 Å². The Kier molecular flexibility index (Phi) is 4.11. The van der Waals surface area contributed by atoms with E-state index in [1.807, 2.05) is 35.1 Å². The maximum absolute atomic E-state index is 12.6. The molecule has 6 heteroatoms. The number of hydrogen-bond donors (Lipinski definition) is 1. The number of benzene rings is 1. The van der Waals surface area contributed by atoms with Crippen LogP contribution in [0.2, 0.25) is 0 Å². The Morgan fingerprint density at radius 3 is 3.08 bits per heavy atom. The molecule has 1 N–H and O–H groups in total. The Morgan fingerprint density at radius 1 is 1.48 bits per heavy atom. The normalized spacial score (nSPS) is 20.3. The van der Waals surface area contributed by atoms with Crippen molar-refractivity contribution < 1.29 is 14.3 Å². The number of carbonyl (C=O) groups excluding carboxylic acids is 1. The van der Waals surface area contributed by atoms with E-state index in [4.69, 9.17) is 9.47 Å². The molecule has 2 aromatic rings. The average Bonchev–Trinajstić information content (AvgIpc) is 3.25. The molecule has 0 unspecified atom stereocenters. The van der Waals surface area contributed by atoms with Crippen LogP contribution in [0.5, 0.6) is 11.5 Å². The summed E-state index contributed by atoms with van der Waals surface area (Å²) in [6.45, 7) is 1.92. The van der Waals surface area contributed by atoms with Crippen LogP contribution < -0.4 is 14.8 Å². The van der Waals surface area contributed by atoms with Gasteiger partial charge >= 0.3 is 0 Å². The predicted octanol–water partition coefficient (Wildman–Crippen LogP) is 2.04. The molecular weight excluding hydrogens is 318 g/mol. The zero-order valence-electron chi connectivity index (χ0n) is 14.4. The fourth-order valence-electron chi connectivity index (χ4n) is 3.41. The summed E-state index contributed by atoms with van der Waals surface area (Å²) in [6.07, 6.45) is 6.43. The lowest BCUT2D eigenvalue weighted by Crippen LogP contribution is -2.40. The van der Waals surface area contributed by atoms with Crippen molar-refractivity contribution in [2.75, 3.05) is 20.3 Å². The molecule has 0 saturated heterocycles. The van der Waals surface area contributed by atoms with Gasteiger partial charge in [-0.15, -0.1) is 0 Å². The lowest BCUT2D eigenvalue weighted by molar-refractivity contribution is -0.127. The molecule has 1 amide bonds. The number of nitrogens with zero attached hydrogens (tertiary/aromatic N) is 2. The summed E-state index contributed by atoms with van der Waals surface area (Å²) >= 11 is 0.